The van der Waals surface area contributed by atoms with Gasteiger partial charge < -0.3 is 5.11 Å². The molecule has 1 saturated heterocycles. The summed E-state index contributed by atoms with van der Waals surface area (Å²) in [6.45, 7) is 7.62. The lowest BCUT2D eigenvalue weighted by molar-refractivity contribution is 0.144. The molecule has 1 aliphatic heterocycles. The SMILES string of the molecule is CC(C)(C)C1CNC(O)C1. The second-order valence-corrected chi connectivity index (χ2v) is 4.22. The van der Waals surface area contributed by atoms with Crippen molar-refractivity contribution in [3.63, 3.8) is 0 Å². The van der Waals surface area contributed by atoms with Crippen molar-refractivity contribution < 1.29 is 5.11 Å². The summed E-state index contributed by atoms with van der Waals surface area (Å²) in [6, 6.07) is 0. The first-order chi connectivity index (χ1) is 4.50. The third-order valence-corrected chi connectivity index (χ3v) is 2.33. The Morgan fingerprint density at radius 1 is 1.40 bits per heavy atom. The highest BCUT2D eigenvalue weighted by molar-refractivity contribution is 4.83. The van der Waals surface area contributed by atoms with Crippen LogP contribution in [0.15, 0.2) is 0 Å². The molecule has 0 aromatic carbocycles. The number of hydrogen-bond acceptors (Lipinski definition) is 2. The molecule has 60 valence electrons. The molecule has 0 aliphatic carbocycles. The van der Waals surface area contributed by atoms with Gasteiger partial charge in [-0.25, -0.2) is 0 Å². The van der Waals surface area contributed by atoms with Crippen LogP contribution in [0.4, 0.5) is 0 Å². The molecule has 1 rings (SSSR count). The van der Waals surface area contributed by atoms with Crippen LogP contribution in [0.3, 0.4) is 0 Å². The molecule has 2 heteroatoms. The van der Waals surface area contributed by atoms with Crippen molar-refractivity contribution in [3.8, 4) is 0 Å². The molecular weight excluding hydrogens is 126 g/mol. The maximum atomic E-state index is 9.15. The highest BCUT2D eigenvalue weighted by Crippen LogP contribution is 2.31. The van der Waals surface area contributed by atoms with Crippen molar-refractivity contribution in [2.75, 3.05) is 6.54 Å². The first-order valence-corrected chi connectivity index (χ1v) is 3.91. The monoisotopic (exact) mass is 143 g/mol. The van der Waals surface area contributed by atoms with E-state index in [1.807, 2.05) is 0 Å². The van der Waals surface area contributed by atoms with E-state index in [0.717, 1.165) is 13.0 Å². The molecule has 2 unspecified atom stereocenters. The Bertz CT molecular complexity index is 117. The maximum absolute atomic E-state index is 9.15. The first-order valence-electron chi connectivity index (χ1n) is 3.91. The Hall–Kier alpha value is -0.0800. The average molecular weight is 143 g/mol. The van der Waals surface area contributed by atoms with Crippen molar-refractivity contribution in [1.29, 1.82) is 0 Å². The van der Waals surface area contributed by atoms with E-state index in [4.69, 9.17) is 5.11 Å². The van der Waals surface area contributed by atoms with Crippen LogP contribution in [0, 0.1) is 11.3 Å². The molecule has 0 spiro atoms. The Morgan fingerprint density at radius 3 is 2.20 bits per heavy atom. The fourth-order valence-electron chi connectivity index (χ4n) is 1.37. The molecule has 0 bridgehead atoms. The minimum absolute atomic E-state index is 0.260. The Labute approximate surface area is 62.6 Å². The van der Waals surface area contributed by atoms with Crippen molar-refractivity contribution in [3.05, 3.63) is 0 Å². The van der Waals surface area contributed by atoms with E-state index in [0.29, 0.717) is 11.3 Å². The number of rotatable bonds is 0. The number of nitrogens with one attached hydrogen (secondary N) is 1. The summed E-state index contributed by atoms with van der Waals surface area (Å²) in [5, 5.41) is 12.2. The quantitative estimate of drug-likeness (QED) is 0.529. The van der Waals surface area contributed by atoms with Gasteiger partial charge in [0.15, 0.2) is 0 Å². The van der Waals surface area contributed by atoms with Gasteiger partial charge in [-0.1, -0.05) is 20.8 Å². The van der Waals surface area contributed by atoms with Crippen LogP contribution in [0.5, 0.6) is 0 Å². The predicted molar refractivity (Wildman–Crippen MR) is 41.6 cm³/mol. The van der Waals surface area contributed by atoms with Crippen molar-refractivity contribution in [2.45, 2.75) is 33.4 Å². The van der Waals surface area contributed by atoms with Gasteiger partial charge in [-0.05, 0) is 17.8 Å². The van der Waals surface area contributed by atoms with Crippen molar-refractivity contribution in [2.24, 2.45) is 11.3 Å². The van der Waals surface area contributed by atoms with Crippen LogP contribution in [-0.2, 0) is 0 Å². The Morgan fingerprint density at radius 2 is 2.00 bits per heavy atom. The number of aliphatic hydroxyl groups is 1. The molecule has 2 N–H and O–H groups in total. The average Bonchev–Trinajstić information content (AvgIpc) is 2.11. The van der Waals surface area contributed by atoms with Gasteiger partial charge in [-0.3, -0.25) is 5.32 Å². The van der Waals surface area contributed by atoms with Crippen LogP contribution in [0.1, 0.15) is 27.2 Å². The van der Waals surface area contributed by atoms with Gasteiger partial charge in [-0.2, -0.15) is 0 Å². The van der Waals surface area contributed by atoms with Gasteiger partial charge in [0.05, 0.1) is 0 Å². The van der Waals surface area contributed by atoms with E-state index in [9.17, 15) is 0 Å². The number of aliphatic hydroxyl groups excluding tert-OH is 1. The molecule has 2 atom stereocenters. The lowest BCUT2D eigenvalue weighted by Crippen LogP contribution is -2.23. The maximum Gasteiger partial charge on any atom is 0.105 e. The number of hydrogen-bond donors (Lipinski definition) is 2. The van der Waals surface area contributed by atoms with E-state index in [1.54, 1.807) is 0 Å². The molecule has 1 heterocycles. The second-order valence-electron chi connectivity index (χ2n) is 4.22. The molecule has 2 nitrogen and oxygen atoms in total. The molecule has 1 aliphatic rings. The Balaban J connectivity index is 2.45. The normalized spacial score (nSPS) is 34.8. The largest absolute Gasteiger partial charge is 0.379 e. The highest BCUT2D eigenvalue weighted by atomic mass is 16.3. The standard InChI is InChI=1S/C8H17NO/c1-8(2,3)6-4-7(10)9-5-6/h6-7,9-10H,4-5H2,1-3H3. The first kappa shape index (κ1) is 8.02. The van der Waals surface area contributed by atoms with Gasteiger partial charge >= 0.3 is 0 Å². The van der Waals surface area contributed by atoms with E-state index < -0.39 is 0 Å². The summed E-state index contributed by atoms with van der Waals surface area (Å²) in [6.07, 6.45) is 0.646. The van der Waals surface area contributed by atoms with Crippen molar-refractivity contribution in [1.82, 2.24) is 5.32 Å². The lowest BCUT2D eigenvalue weighted by atomic mass is 9.80. The molecule has 0 aromatic heterocycles. The molecule has 10 heavy (non-hydrogen) atoms. The third kappa shape index (κ3) is 1.70. The fourth-order valence-corrected chi connectivity index (χ4v) is 1.37. The zero-order valence-electron chi connectivity index (χ0n) is 7.02. The lowest BCUT2D eigenvalue weighted by Gasteiger charge is -2.25. The summed E-state index contributed by atoms with van der Waals surface area (Å²) in [5.41, 5.74) is 0.338. The minimum atomic E-state index is -0.260. The predicted octanol–water partition coefficient (Wildman–Crippen LogP) is 0.960. The van der Waals surface area contributed by atoms with Crippen LogP contribution in [-0.4, -0.2) is 17.9 Å². The van der Waals surface area contributed by atoms with Crippen LogP contribution in [0.25, 0.3) is 0 Å². The van der Waals surface area contributed by atoms with Crippen LogP contribution < -0.4 is 5.32 Å². The summed E-state index contributed by atoms with van der Waals surface area (Å²) in [7, 11) is 0. The Kier molecular flexibility index (Phi) is 2.02. The molecule has 0 saturated carbocycles. The summed E-state index contributed by atoms with van der Waals surface area (Å²) in [5.74, 6) is 0.627. The van der Waals surface area contributed by atoms with Gasteiger partial charge in [-0.15, -0.1) is 0 Å². The zero-order valence-corrected chi connectivity index (χ0v) is 7.02. The molecule has 0 aromatic rings. The molecular formula is C8H17NO. The minimum Gasteiger partial charge on any atom is -0.379 e. The second kappa shape index (κ2) is 2.51. The van der Waals surface area contributed by atoms with Crippen LogP contribution >= 0.6 is 0 Å². The van der Waals surface area contributed by atoms with E-state index >= 15 is 0 Å². The molecule has 0 amide bonds. The summed E-state index contributed by atoms with van der Waals surface area (Å²) >= 11 is 0. The van der Waals surface area contributed by atoms with Gasteiger partial charge in [0.2, 0.25) is 0 Å². The topological polar surface area (TPSA) is 32.3 Å². The van der Waals surface area contributed by atoms with E-state index in [2.05, 4.69) is 26.1 Å². The zero-order chi connectivity index (χ0) is 7.78. The van der Waals surface area contributed by atoms with Gasteiger partial charge in [0.1, 0.15) is 6.23 Å². The van der Waals surface area contributed by atoms with Crippen LogP contribution in [0.2, 0.25) is 0 Å². The summed E-state index contributed by atoms with van der Waals surface area (Å²) < 4.78 is 0. The highest BCUT2D eigenvalue weighted by Gasteiger charge is 2.31. The van der Waals surface area contributed by atoms with E-state index in [1.165, 1.54) is 0 Å². The smallest absolute Gasteiger partial charge is 0.105 e. The fraction of sp³-hybridized carbons (Fsp3) is 1.00. The molecule has 1 fully saturated rings. The van der Waals surface area contributed by atoms with E-state index in [-0.39, 0.29) is 6.23 Å². The van der Waals surface area contributed by atoms with Crippen molar-refractivity contribution >= 4 is 0 Å². The third-order valence-electron chi connectivity index (χ3n) is 2.33. The van der Waals surface area contributed by atoms with Gasteiger partial charge in [0.25, 0.3) is 0 Å². The summed E-state index contributed by atoms with van der Waals surface area (Å²) in [4.78, 5) is 0. The molecule has 0 radical (unpaired) electrons. The van der Waals surface area contributed by atoms with Gasteiger partial charge in [0, 0.05) is 6.54 Å².